The summed E-state index contributed by atoms with van der Waals surface area (Å²) >= 11 is 6.14. The van der Waals surface area contributed by atoms with Crippen LogP contribution in [0, 0.1) is 20.8 Å². The summed E-state index contributed by atoms with van der Waals surface area (Å²) in [6.07, 6.45) is 0. The topological polar surface area (TPSA) is 72.2 Å². The van der Waals surface area contributed by atoms with Crippen LogP contribution in [-0.4, -0.2) is 25.7 Å². The number of carbonyl (C=O) groups is 1. The van der Waals surface area contributed by atoms with E-state index in [2.05, 4.69) is 20.6 Å². The van der Waals surface area contributed by atoms with Gasteiger partial charge in [0.25, 0.3) is 5.91 Å². The Hall–Kier alpha value is -3.25. The number of carbonyl (C=O) groups excluding carboxylic acids is 1. The van der Waals surface area contributed by atoms with Crippen LogP contribution in [0.2, 0.25) is 5.02 Å². The van der Waals surface area contributed by atoms with E-state index in [9.17, 15) is 4.79 Å². The molecule has 140 valence electrons. The van der Waals surface area contributed by atoms with Crippen molar-refractivity contribution < 1.29 is 4.79 Å². The van der Waals surface area contributed by atoms with Crippen LogP contribution < -0.4 is 5.32 Å². The third-order valence-corrected chi connectivity index (χ3v) is 5.06. The number of benzene rings is 2. The minimum atomic E-state index is -0.360. The van der Waals surface area contributed by atoms with E-state index in [0.29, 0.717) is 22.1 Å². The van der Waals surface area contributed by atoms with E-state index in [1.165, 1.54) is 0 Å². The van der Waals surface area contributed by atoms with E-state index in [-0.39, 0.29) is 11.6 Å². The second kappa shape index (κ2) is 7.05. The number of hydrogen-bond acceptors (Lipinski definition) is 4. The molecule has 0 saturated heterocycles. The van der Waals surface area contributed by atoms with Crippen molar-refractivity contribution in [1.82, 2.24) is 19.8 Å². The predicted octanol–water partition coefficient (Wildman–Crippen LogP) is 4.62. The maximum absolute atomic E-state index is 12.7. The molecule has 6 nitrogen and oxygen atoms in total. The molecule has 2 aromatic carbocycles. The van der Waals surface area contributed by atoms with Crippen molar-refractivity contribution in [2.24, 2.45) is 0 Å². The van der Waals surface area contributed by atoms with Gasteiger partial charge in [-0.3, -0.25) is 4.79 Å². The summed E-state index contributed by atoms with van der Waals surface area (Å²) in [6.45, 7) is 5.63. The van der Waals surface area contributed by atoms with Crippen molar-refractivity contribution in [2.45, 2.75) is 20.8 Å². The molecule has 1 N–H and O–H groups in total. The Kier molecular flexibility index (Phi) is 4.57. The van der Waals surface area contributed by atoms with E-state index in [1.807, 2.05) is 50.2 Å². The summed E-state index contributed by atoms with van der Waals surface area (Å²) in [5, 5.41) is 16.5. The molecule has 0 bridgehead atoms. The predicted molar refractivity (Wildman–Crippen MR) is 110 cm³/mol. The summed E-state index contributed by atoms with van der Waals surface area (Å²) in [5.41, 5.74) is 5.74. The van der Waals surface area contributed by atoms with Crippen molar-refractivity contribution in [3.63, 3.8) is 0 Å². The van der Waals surface area contributed by atoms with Crippen LogP contribution in [-0.2, 0) is 0 Å². The van der Waals surface area contributed by atoms with Gasteiger partial charge in [0.1, 0.15) is 0 Å². The second-order valence-corrected chi connectivity index (χ2v) is 7.02. The quantitative estimate of drug-likeness (QED) is 0.553. The molecule has 0 atom stereocenters. The number of nitrogens with one attached hydrogen (secondary N) is 1. The first-order chi connectivity index (χ1) is 13.5. The molecule has 2 aromatic heterocycles. The molecular formula is C21H18ClN5O. The fourth-order valence-electron chi connectivity index (χ4n) is 3.12. The summed E-state index contributed by atoms with van der Waals surface area (Å²) < 4.78 is 1.67. The highest BCUT2D eigenvalue weighted by Crippen LogP contribution is 2.27. The zero-order valence-electron chi connectivity index (χ0n) is 15.7. The number of anilines is 1. The van der Waals surface area contributed by atoms with Gasteiger partial charge < -0.3 is 5.32 Å². The van der Waals surface area contributed by atoms with E-state index >= 15 is 0 Å². The lowest BCUT2D eigenvalue weighted by atomic mass is 10.1. The lowest BCUT2D eigenvalue weighted by molar-refractivity contribution is 0.102. The molecule has 0 spiro atoms. The van der Waals surface area contributed by atoms with Gasteiger partial charge in [-0.25, -0.2) is 4.52 Å². The SMILES string of the molecule is Cc1ccc(NC(=O)c2nnc3c(-c4ccccc4)c(C)nn3c2C)cc1Cl. The van der Waals surface area contributed by atoms with Crippen molar-refractivity contribution in [3.8, 4) is 11.1 Å². The van der Waals surface area contributed by atoms with Gasteiger partial charge in [-0.15, -0.1) is 10.2 Å². The Morgan fingerprint density at radius 2 is 1.79 bits per heavy atom. The highest BCUT2D eigenvalue weighted by Gasteiger charge is 2.20. The van der Waals surface area contributed by atoms with Crippen molar-refractivity contribution in [3.05, 3.63) is 76.2 Å². The summed E-state index contributed by atoms with van der Waals surface area (Å²) in [4.78, 5) is 12.7. The normalized spacial score (nSPS) is 11.0. The van der Waals surface area contributed by atoms with Gasteiger partial charge in [0.2, 0.25) is 0 Å². The van der Waals surface area contributed by atoms with E-state index in [0.717, 1.165) is 22.4 Å². The minimum absolute atomic E-state index is 0.214. The maximum Gasteiger partial charge on any atom is 0.278 e. The maximum atomic E-state index is 12.7. The number of aryl methyl sites for hydroxylation is 3. The number of rotatable bonds is 3. The van der Waals surface area contributed by atoms with Crippen LogP contribution in [0.5, 0.6) is 0 Å². The fraction of sp³-hybridized carbons (Fsp3) is 0.143. The lowest BCUT2D eigenvalue weighted by Gasteiger charge is -2.09. The Balaban J connectivity index is 1.74. The smallest absolute Gasteiger partial charge is 0.278 e. The van der Waals surface area contributed by atoms with Crippen molar-refractivity contribution in [1.29, 1.82) is 0 Å². The number of aromatic nitrogens is 4. The first-order valence-electron chi connectivity index (χ1n) is 8.81. The van der Waals surface area contributed by atoms with Gasteiger partial charge in [0.15, 0.2) is 11.3 Å². The van der Waals surface area contributed by atoms with Gasteiger partial charge in [-0.2, -0.15) is 5.10 Å². The second-order valence-electron chi connectivity index (χ2n) is 6.61. The van der Waals surface area contributed by atoms with Crippen molar-refractivity contribution in [2.75, 3.05) is 5.32 Å². The van der Waals surface area contributed by atoms with E-state index < -0.39 is 0 Å². The fourth-order valence-corrected chi connectivity index (χ4v) is 3.31. The first kappa shape index (κ1) is 18.1. The molecule has 0 aliphatic heterocycles. The summed E-state index contributed by atoms with van der Waals surface area (Å²) in [7, 11) is 0. The monoisotopic (exact) mass is 391 g/mol. The number of nitrogens with zero attached hydrogens (tertiary/aromatic N) is 4. The van der Waals surface area contributed by atoms with E-state index in [4.69, 9.17) is 11.6 Å². The largest absolute Gasteiger partial charge is 0.320 e. The standard InChI is InChI=1S/C21H18ClN5O/c1-12-9-10-16(11-17(12)22)23-21(28)19-14(3)27-20(25-24-19)18(13(2)26-27)15-7-5-4-6-8-15/h4-11H,1-3H3,(H,23,28). The first-order valence-corrected chi connectivity index (χ1v) is 9.19. The molecule has 28 heavy (non-hydrogen) atoms. The zero-order valence-corrected chi connectivity index (χ0v) is 16.4. The van der Waals surface area contributed by atoms with Gasteiger partial charge in [0, 0.05) is 10.7 Å². The van der Waals surface area contributed by atoms with Crippen LogP contribution in [0.25, 0.3) is 16.8 Å². The van der Waals surface area contributed by atoms with Crippen LogP contribution in [0.3, 0.4) is 0 Å². The van der Waals surface area contributed by atoms with Gasteiger partial charge in [-0.1, -0.05) is 48.0 Å². The highest BCUT2D eigenvalue weighted by atomic mass is 35.5. The minimum Gasteiger partial charge on any atom is -0.320 e. The summed E-state index contributed by atoms with van der Waals surface area (Å²) in [6, 6.07) is 15.3. The lowest BCUT2D eigenvalue weighted by Crippen LogP contribution is -2.18. The van der Waals surface area contributed by atoms with Gasteiger partial charge >= 0.3 is 0 Å². The number of amides is 1. The number of halogens is 1. The molecule has 1 amide bonds. The Morgan fingerprint density at radius 3 is 2.50 bits per heavy atom. The molecule has 0 fully saturated rings. The summed E-state index contributed by atoms with van der Waals surface area (Å²) in [5.74, 6) is -0.360. The van der Waals surface area contributed by atoms with Gasteiger partial charge in [-0.05, 0) is 44.0 Å². The average Bonchev–Trinajstić information content (AvgIpc) is 3.02. The molecule has 7 heteroatoms. The number of fused-ring (bicyclic) bond motifs is 1. The molecule has 0 saturated carbocycles. The van der Waals surface area contributed by atoms with Crippen LogP contribution in [0.1, 0.15) is 27.4 Å². The molecule has 0 aliphatic carbocycles. The van der Waals surface area contributed by atoms with E-state index in [1.54, 1.807) is 23.6 Å². The average molecular weight is 392 g/mol. The Morgan fingerprint density at radius 1 is 1.04 bits per heavy atom. The highest BCUT2D eigenvalue weighted by molar-refractivity contribution is 6.31. The molecule has 0 radical (unpaired) electrons. The van der Waals surface area contributed by atoms with Gasteiger partial charge in [0.05, 0.1) is 17.0 Å². The number of hydrogen-bond donors (Lipinski definition) is 1. The molecule has 0 aliphatic rings. The Bertz CT molecular complexity index is 1200. The molecule has 4 rings (SSSR count). The molecule has 0 unspecified atom stereocenters. The molecular weight excluding hydrogens is 374 g/mol. The zero-order chi connectivity index (χ0) is 19.8. The van der Waals surface area contributed by atoms with Crippen LogP contribution in [0.4, 0.5) is 5.69 Å². The molecule has 2 heterocycles. The third-order valence-electron chi connectivity index (χ3n) is 4.65. The third kappa shape index (κ3) is 3.12. The Labute approximate surface area is 167 Å². The molecule has 4 aromatic rings. The van der Waals surface area contributed by atoms with Crippen LogP contribution in [0.15, 0.2) is 48.5 Å². The van der Waals surface area contributed by atoms with Crippen molar-refractivity contribution >= 4 is 28.8 Å². The van der Waals surface area contributed by atoms with Crippen LogP contribution >= 0.6 is 11.6 Å².